The minimum Gasteiger partial charge on any atom is -0.491 e. The van der Waals surface area contributed by atoms with Gasteiger partial charge >= 0.3 is 0 Å². The van der Waals surface area contributed by atoms with Gasteiger partial charge in [0.25, 0.3) is 5.88 Å². The van der Waals surface area contributed by atoms with Gasteiger partial charge in [-0.2, -0.15) is 0 Å². The molecule has 1 aromatic heterocycles. The Labute approximate surface area is 135 Å². The van der Waals surface area contributed by atoms with Crippen molar-refractivity contribution in [2.24, 2.45) is 0 Å². The van der Waals surface area contributed by atoms with Crippen molar-refractivity contribution < 1.29 is 14.4 Å². The molecule has 3 rings (SSSR count). The van der Waals surface area contributed by atoms with E-state index in [9.17, 15) is 5.11 Å². The van der Waals surface area contributed by atoms with Crippen molar-refractivity contribution in [3.63, 3.8) is 0 Å². The van der Waals surface area contributed by atoms with E-state index in [0.717, 1.165) is 17.7 Å². The number of hydrogen-bond acceptors (Lipinski definition) is 4. The van der Waals surface area contributed by atoms with Crippen LogP contribution < -0.4 is 4.74 Å². The summed E-state index contributed by atoms with van der Waals surface area (Å²) in [5.41, 5.74) is 3.28. The molecule has 0 aliphatic rings. The zero-order valence-corrected chi connectivity index (χ0v) is 13.2. The lowest BCUT2D eigenvalue weighted by Gasteiger charge is -2.15. The van der Waals surface area contributed by atoms with Crippen LogP contribution in [0.15, 0.2) is 59.1 Å². The van der Waals surface area contributed by atoms with Gasteiger partial charge in [0.1, 0.15) is 5.75 Å². The van der Waals surface area contributed by atoms with Gasteiger partial charge in [-0.25, -0.2) is 0 Å². The summed E-state index contributed by atoms with van der Waals surface area (Å²) in [6.45, 7) is 4.12. The Morgan fingerprint density at radius 2 is 1.78 bits per heavy atom. The van der Waals surface area contributed by atoms with Crippen LogP contribution in [0.4, 0.5) is 0 Å². The molecule has 118 valence electrons. The van der Waals surface area contributed by atoms with Crippen molar-refractivity contribution in [2.45, 2.75) is 26.4 Å². The van der Waals surface area contributed by atoms with E-state index in [0.29, 0.717) is 5.76 Å². The summed E-state index contributed by atoms with van der Waals surface area (Å²) in [6, 6.07) is 17.5. The van der Waals surface area contributed by atoms with Gasteiger partial charge in [-0.1, -0.05) is 42.0 Å². The van der Waals surface area contributed by atoms with E-state index >= 15 is 0 Å². The van der Waals surface area contributed by atoms with Gasteiger partial charge < -0.3 is 14.4 Å². The number of benzene rings is 2. The fourth-order valence-corrected chi connectivity index (χ4v) is 2.43. The fourth-order valence-electron chi connectivity index (χ4n) is 2.43. The topological polar surface area (TPSA) is 55.5 Å². The molecular formula is C19H19NO3. The van der Waals surface area contributed by atoms with Crippen LogP contribution in [0.5, 0.6) is 11.6 Å². The fraction of sp³-hybridized carbons (Fsp3) is 0.211. The molecule has 0 spiro atoms. The van der Waals surface area contributed by atoms with Gasteiger partial charge in [-0.15, -0.1) is 0 Å². The molecule has 0 fully saturated rings. The summed E-state index contributed by atoms with van der Waals surface area (Å²) in [7, 11) is 0. The van der Waals surface area contributed by atoms with Crippen molar-refractivity contribution in [3.8, 4) is 23.0 Å². The molecule has 23 heavy (non-hydrogen) atoms. The van der Waals surface area contributed by atoms with E-state index in [-0.39, 0.29) is 12.0 Å². The largest absolute Gasteiger partial charge is 0.491 e. The molecule has 3 aromatic rings. The lowest BCUT2D eigenvalue weighted by Crippen LogP contribution is -2.14. The molecule has 2 aromatic carbocycles. The summed E-state index contributed by atoms with van der Waals surface area (Å²) >= 11 is 0. The number of nitrogens with zero attached hydrogens (tertiary/aromatic N) is 1. The third kappa shape index (κ3) is 3.92. The highest BCUT2D eigenvalue weighted by Crippen LogP contribution is 2.23. The van der Waals surface area contributed by atoms with Gasteiger partial charge in [-0.3, -0.25) is 0 Å². The van der Waals surface area contributed by atoms with E-state index in [1.54, 1.807) is 0 Å². The summed E-state index contributed by atoms with van der Waals surface area (Å²) in [5, 5.41) is 12.7. The normalized spacial score (nSPS) is 12.1. The monoisotopic (exact) mass is 309 g/mol. The summed E-state index contributed by atoms with van der Waals surface area (Å²) in [4.78, 5) is 0. The maximum absolute atomic E-state index is 9.22. The van der Waals surface area contributed by atoms with Crippen LogP contribution in [0, 0.1) is 6.92 Å². The van der Waals surface area contributed by atoms with E-state index in [4.69, 9.17) is 9.26 Å². The molecule has 0 aliphatic carbocycles. The first-order valence-corrected chi connectivity index (χ1v) is 7.58. The average Bonchev–Trinajstić information content (AvgIpc) is 2.97. The number of hydrogen-bond donors (Lipinski definition) is 1. The number of aromatic hydroxyl groups is 1. The Morgan fingerprint density at radius 1 is 1.09 bits per heavy atom. The Morgan fingerprint density at radius 3 is 2.39 bits per heavy atom. The highest BCUT2D eigenvalue weighted by molar-refractivity contribution is 5.58. The van der Waals surface area contributed by atoms with Crippen LogP contribution in [-0.4, -0.2) is 16.4 Å². The Hall–Kier alpha value is -2.75. The van der Waals surface area contributed by atoms with Crippen molar-refractivity contribution in [1.82, 2.24) is 5.16 Å². The molecular weight excluding hydrogens is 290 g/mol. The smallest absolute Gasteiger partial charge is 0.252 e. The van der Waals surface area contributed by atoms with Gasteiger partial charge in [0.05, 0.1) is 6.10 Å². The van der Waals surface area contributed by atoms with Gasteiger partial charge in [0.2, 0.25) is 0 Å². The summed E-state index contributed by atoms with van der Waals surface area (Å²) in [5.74, 6) is 1.33. The first-order chi connectivity index (χ1) is 11.1. The highest BCUT2D eigenvalue weighted by Gasteiger charge is 2.08. The average molecular weight is 309 g/mol. The van der Waals surface area contributed by atoms with Crippen LogP contribution in [0.1, 0.15) is 18.1 Å². The molecule has 0 saturated carbocycles. The van der Waals surface area contributed by atoms with Crippen molar-refractivity contribution in [2.75, 3.05) is 0 Å². The minimum atomic E-state index is -0.107. The summed E-state index contributed by atoms with van der Waals surface area (Å²) in [6.07, 6.45) is 0.897. The van der Waals surface area contributed by atoms with Crippen molar-refractivity contribution in [1.29, 1.82) is 0 Å². The second-order valence-corrected chi connectivity index (χ2v) is 5.69. The molecule has 0 aliphatic heterocycles. The molecule has 0 radical (unpaired) electrons. The SMILES string of the molecule is Cc1ccc(OC(C)Cc2ccc(-c3cc(O)no3)cc2)cc1. The quantitative estimate of drug-likeness (QED) is 0.760. The number of aryl methyl sites for hydroxylation is 1. The first-order valence-electron chi connectivity index (χ1n) is 7.58. The molecule has 4 nitrogen and oxygen atoms in total. The Balaban J connectivity index is 1.62. The molecule has 0 bridgehead atoms. The molecule has 1 heterocycles. The Bertz CT molecular complexity index is 760. The predicted octanol–water partition coefficient (Wildman–Crippen LogP) is 4.37. The molecule has 1 N–H and O–H groups in total. The maximum atomic E-state index is 9.22. The first kappa shape index (κ1) is 15.2. The highest BCUT2D eigenvalue weighted by atomic mass is 16.5. The van der Waals surface area contributed by atoms with E-state index in [1.165, 1.54) is 17.2 Å². The minimum absolute atomic E-state index is 0.0814. The molecule has 4 heteroatoms. The van der Waals surface area contributed by atoms with Crippen LogP contribution >= 0.6 is 0 Å². The third-order valence-corrected chi connectivity index (χ3v) is 3.62. The standard InChI is InChI=1S/C19H19NO3/c1-13-3-9-17(10-4-13)22-14(2)11-15-5-7-16(8-6-15)18-12-19(21)20-23-18/h3-10,12,14H,11H2,1-2H3,(H,20,21). The van der Waals surface area contributed by atoms with Gasteiger partial charge in [0.15, 0.2) is 5.76 Å². The van der Waals surface area contributed by atoms with Gasteiger partial charge in [0, 0.05) is 18.1 Å². The zero-order chi connectivity index (χ0) is 16.2. The van der Waals surface area contributed by atoms with Crippen molar-refractivity contribution in [3.05, 3.63) is 65.7 Å². The molecule has 0 amide bonds. The van der Waals surface area contributed by atoms with E-state index in [2.05, 4.69) is 19.0 Å². The van der Waals surface area contributed by atoms with E-state index in [1.807, 2.05) is 48.5 Å². The molecule has 1 atom stereocenters. The lowest BCUT2D eigenvalue weighted by molar-refractivity contribution is 0.222. The zero-order valence-electron chi connectivity index (χ0n) is 13.2. The summed E-state index contributed by atoms with van der Waals surface area (Å²) < 4.78 is 11.0. The van der Waals surface area contributed by atoms with Crippen LogP contribution in [0.25, 0.3) is 11.3 Å². The molecule has 0 saturated heterocycles. The predicted molar refractivity (Wildman–Crippen MR) is 88.6 cm³/mol. The van der Waals surface area contributed by atoms with Gasteiger partial charge in [-0.05, 0) is 36.7 Å². The Kier molecular flexibility index (Phi) is 4.33. The van der Waals surface area contributed by atoms with Crippen LogP contribution in [0.2, 0.25) is 0 Å². The lowest BCUT2D eigenvalue weighted by atomic mass is 10.1. The maximum Gasteiger partial charge on any atom is 0.252 e. The molecule has 1 unspecified atom stereocenters. The van der Waals surface area contributed by atoms with Crippen molar-refractivity contribution >= 4 is 0 Å². The second-order valence-electron chi connectivity index (χ2n) is 5.69. The third-order valence-electron chi connectivity index (χ3n) is 3.62. The second kappa shape index (κ2) is 6.57. The number of rotatable bonds is 5. The number of ether oxygens (including phenoxy) is 1. The van der Waals surface area contributed by atoms with Crippen LogP contribution in [-0.2, 0) is 6.42 Å². The van der Waals surface area contributed by atoms with Crippen LogP contribution in [0.3, 0.4) is 0 Å². The van der Waals surface area contributed by atoms with E-state index < -0.39 is 0 Å². The number of aromatic nitrogens is 1.